The summed E-state index contributed by atoms with van der Waals surface area (Å²) in [7, 11) is 1.35. The van der Waals surface area contributed by atoms with Crippen molar-refractivity contribution in [3.05, 3.63) is 83.2 Å². The number of hydrogen-bond acceptors (Lipinski definition) is 5. The average molecular weight is 332 g/mol. The first-order valence-electron chi connectivity index (χ1n) is 7.91. The molecule has 1 N–H and O–H groups in total. The number of esters is 1. The second-order valence-electron chi connectivity index (χ2n) is 5.90. The Kier molecular flexibility index (Phi) is 3.65. The number of ether oxygens (including phenoxy) is 1. The molecule has 0 bridgehead atoms. The lowest BCUT2D eigenvalue weighted by molar-refractivity contribution is 0.0593. The normalized spacial score (nSPS) is 18.6. The average Bonchev–Trinajstić information content (AvgIpc) is 3.11. The summed E-state index contributed by atoms with van der Waals surface area (Å²) in [6.45, 7) is 0. The van der Waals surface area contributed by atoms with Gasteiger partial charge in [-0.3, -0.25) is 5.10 Å². The SMILES string of the molecule is COC(=O)c1n[nH]c2c1C=CC(c1ccccc1)(c1ccncn1)C2. The molecule has 2 heterocycles. The molecule has 1 unspecified atom stereocenters. The van der Waals surface area contributed by atoms with Crippen LogP contribution in [0.2, 0.25) is 0 Å². The minimum Gasteiger partial charge on any atom is -0.464 e. The van der Waals surface area contributed by atoms with Gasteiger partial charge in [-0.25, -0.2) is 14.8 Å². The molecule has 6 nitrogen and oxygen atoms in total. The first-order chi connectivity index (χ1) is 12.2. The van der Waals surface area contributed by atoms with E-state index in [2.05, 4.69) is 38.4 Å². The van der Waals surface area contributed by atoms with Gasteiger partial charge in [0.2, 0.25) is 0 Å². The van der Waals surface area contributed by atoms with E-state index in [1.54, 1.807) is 12.5 Å². The molecule has 3 aromatic rings. The summed E-state index contributed by atoms with van der Waals surface area (Å²) in [4.78, 5) is 20.4. The van der Waals surface area contributed by atoms with Crippen molar-refractivity contribution >= 4 is 12.0 Å². The Balaban J connectivity index is 1.87. The summed E-state index contributed by atoms with van der Waals surface area (Å²) in [6.07, 6.45) is 7.90. The van der Waals surface area contributed by atoms with Crippen molar-refractivity contribution in [1.29, 1.82) is 0 Å². The highest BCUT2D eigenvalue weighted by Gasteiger charge is 2.38. The predicted octanol–water partition coefficient (Wildman–Crippen LogP) is 2.54. The number of aromatic nitrogens is 4. The molecule has 25 heavy (non-hydrogen) atoms. The first kappa shape index (κ1) is 15.3. The van der Waals surface area contributed by atoms with Crippen LogP contribution >= 0.6 is 0 Å². The number of allylic oxidation sites excluding steroid dienone is 1. The lowest BCUT2D eigenvalue weighted by Crippen LogP contribution is -2.31. The van der Waals surface area contributed by atoms with E-state index in [1.807, 2.05) is 30.3 Å². The number of methoxy groups -OCH3 is 1. The summed E-state index contributed by atoms with van der Waals surface area (Å²) in [5.41, 5.74) is 3.52. The Morgan fingerprint density at radius 2 is 2.08 bits per heavy atom. The third-order valence-corrected chi connectivity index (χ3v) is 4.58. The monoisotopic (exact) mass is 332 g/mol. The van der Waals surface area contributed by atoms with Gasteiger partial charge in [-0.15, -0.1) is 0 Å². The summed E-state index contributed by atoms with van der Waals surface area (Å²) in [5.74, 6) is -0.448. The topological polar surface area (TPSA) is 80.8 Å². The molecule has 0 saturated heterocycles. The Hall–Kier alpha value is -3.28. The van der Waals surface area contributed by atoms with Gasteiger partial charge in [0.1, 0.15) is 6.33 Å². The van der Waals surface area contributed by atoms with E-state index in [0.29, 0.717) is 12.1 Å². The molecule has 4 rings (SSSR count). The molecule has 0 saturated carbocycles. The van der Waals surface area contributed by atoms with Gasteiger partial charge in [0, 0.05) is 23.9 Å². The van der Waals surface area contributed by atoms with Crippen LogP contribution in [0.4, 0.5) is 0 Å². The molecule has 1 aliphatic carbocycles. The van der Waals surface area contributed by atoms with Crippen LogP contribution in [0.5, 0.6) is 0 Å². The molecule has 0 spiro atoms. The van der Waals surface area contributed by atoms with E-state index in [9.17, 15) is 4.79 Å². The Labute approximate surface area is 144 Å². The number of carbonyl (C=O) groups excluding carboxylic acids is 1. The fourth-order valence-corrected chi connectivity index (χ4v) is 3.33. The lowest BCUT2D eigenvalue weighted by atomic mass is 9.70. The van der Waals surface area contributed by atoms with Crippen molar-refractivity contribution < 1.29 is 9.53 Å². The summed E-state index contributed by atoms with van der Waals surface area (Å²) < 4.78 is 4.81. The number of carbonyl (C=O) groups is 1. The van der Waals surface area contributed by atoms with Gasteiger partial charge in [0.25, 0.3) is 0 Å². The van der Waals surface area contributed by atoms with Crippen LogP contribution in [0, 0.1) is 0 Å². The molecule has 1 aliphatic rings. The highest BCUT2D eigenvalue weighted by molar-refractivity contribution is 5.92. The highest BCUT2D eigenvalue weighted by atomic mass is 16.5. The van der Waals surface area contributed by atoms with E-state index >= 15 is 0 Å². The quantitative estimate of drug-likeness (QED) is 0.746. The van der Waals surface area contributed by atoms with Crippen molar-refractivity contribution in [1.82, 2.24) is 20.2 Å². The summed E-state index contributed by atoms with van der Waals surface area (Å²) >= 11 is 0. The Bertz CT molecular complexity index is 893. The minimum absolute atomic E-state index is 0.304. The maximum Gasteiger partial charge on any atom is 0.359 e. The van der Waals surface area contributed by atoms with Crippen LogP contribution in [0.25, 0.3) is 6.08 Å². The van der Waals surface area contributed by atoms with Crippen LogP contribution in [0.3, 0.4) is 0 Å². The number of fused-ring (bicyclic) bond motifs is 1. The summed E-state index contributed by atoms with van der Waals surface area (Å²) in [6, 6.07) is 12.1. The Morgan fingerprint density at radius 3 is 2.80 bits per heavy atom. The number of nitrogens with zero attached hydrogens (tertiary/aromatic N) is 3. The summed E-state index contributed by atoms with van der Waals surface area (Å²) in [5, 5.41) is 7.13. The third-order valence-electron chi connectivity index (χ3n) is 4.58. The van der Waals surface area contributed by atoms with E-state index in [1.165, 1.54) is 7.11 Å². The van der Waals surface area contributed by atoms with Crippen molar-refractivity contribution in [3.63, 3.8) is 0 Å². The third kappa shape index (κ3) is 2.42. The molecule has 1 atom stereocenters. The number of hydrogen-bond donors (Lipinski definition) is 1. The van der Waals surface area contributed by atoms with Gasteiger partial charge in [-0.1, -0.05) is 42.5 Å². The maximum absolute atomic E-state index is 11.9. The van der Waals surface area contributed by atoms with Gasteiger partial charge < -0.3 is 4.74 Å². The zero-order valence-corrected chi connectivity index (χ0v) is 13.6. The lowest BCUT2D eigenvalue weighted by Gasteiger charge is -2.33. The fraction of sp³-hybridized carbons (Fsp3) is 0.158. The van der Waals surface area contributed by atoms with E-state index in [-0.39, 0.29) is 0 Å². The van der Waals surface area contributed by atoms with Gasteiger partial charge in [-0.2, -0.15) is 5.10 Å². The van der Waals surface area contributed by atoms with Gasteiger partial charge in [0.05, 0.1) is 18.2 Å². The second-order valence-corrected chi connectivity index (χ2v) is 5.90. The van der Waals surface area contributed by atoms with Crippen LogP contribution in [0.15, 0.2) is 55.0 Å². The van der Waals surface area contributed by atoms with Crippen molar-refractivity contribution in [3.8, 4) is 0 Å². The molecule has 0 fully saturated rings. The second kappa shape index (κ2) is 5.98. The molecule has 1 aromatic carbocycles. The zero-order valence-electron chi connectivity index (χ0n) is 13.6. The van der Waals surface area contributed by atoms with Gasteiger partial charge >= 0.3 is 5.97 Å². The number of rotatable bonds is 3. The van der Waals surface area contributed by atoms with E-state index in [4.69, 9.17) is 4.74 Å². The van der Waals surface area contributed by atoms with Gasteiger partial charge in [-0.05, 0) is 11.6 Å². The van der Waals surface area contributed by atoms with Crippen molar-refractivity contribution in [2.45, 2.75) is 11.8 Å². The molecule has 0 aliphatic heterocycles. The largest absolute Gasteiger partial charge is 0.464 e. The smallest absolute Gasteiger partial charge is 0.359 e. The molecular weight excluding hydrogens is 316 g/mol. The molecule has 0 radical (unpaired) electrons. The van der Waals surface area contributed by atoms with E-state index in [0.717, 1.165) is 22.5 Å². The Morgan fingerprint density at radius 1 is 1.24 bits per heavy atom. The zero-order chi connectivity index (χ0) is 17.3. The number of H-pyrrole nitrogens is 1. The highest BCUT2D eigenvalue weighted by Crippen LogP contribution is 2.40. The number of benzene rings is 1. The van der Waals surface area contributed by atoms with Crippen molar-refractivity contribution in [2.24, 2.45) is 0 Å². The minimum atomic E-state index is -0.448. The predicted molar refractivity (Wildman–Crippen MR) is 91.9 cm³/mol. The van der Waals surface area contributed by atoms with Crippen LogP contribution in [-0.2, 0) is 16.6 Å². The van der Waals surface area contributed by atoms with Gasteiger partial charge in [0.15, 0.2) is 5.69 Å². The maximum atomic E-state index is 11.9. The number of aromatic amines is 1. The fourth-order valence-electron chi connectivity index (χ4n) is 3.33. The van der Waals surface area contributed by atoms with Crippen LogP contribution in [-0.4, -0.2) is 33.2 Å². The molecule has 124 valence electrons. The van der Waals surface area contributed by atoms with Crippen LogP contribution < -0.4 is 0 Å². The van der Waals surface area contributed by atoms with E-state index < -0.39 is 11.4 Å². The number of nitrogens with one attached hydrogen (secondary N) is 1. The molecule has 2 aromatic heterocycles. The molecular formula is C19H16N4O2. The standard InChI is InChI=1S/C19H16N4O2/c1-25-18(24)17-14-7-9-19(11-15(14)22-23-17,13-5-3-2-4-6-13)16-8-10-20-12-21-16/h2-10,12H,11H2,1H3,(H,22,23). The molecule has 0 amide bonds. The first-order valence-corrected chi connectivity index (χ1v) is 7.91. The van der Waals surface area contributed by atoms with Crippen LogP contribution in [0.1, 0.15) is 33.0 Å². The molecule has 6 heteroatoms. The van der Waals surface area contributed by atoms with Crippen molar-refractivity contribution in [2.75, 3.05) is 7.11 Å².